The van der Waals surface area contributed by atoms with Gasteiger partial charge in [0.2, 0.25) is 5.91 Å². The number of imidazole rings is 1. The largest absolute Gasteiger partial charge is 0.459 e. The molecule has 0 unspecified atom stereocenters. The first-order chi connectivity index (χ1) is 14.9. The van der Waals surface area contributed by atoms with Crippen LogP contribution in [0.3, 0.4) is 0 Å². The Hall–Kier alpha value is -3.08. The van der Waals surface area contributed by atoms with Crippen molar-refractivity contribution < 1.29 is 24.2 Å². The second-order valence-electron chi connectivity index (χ2n) is 7.51. The normalized spacial score (nSPS) is 18.3. The van der Waals surface area contributed by atoms with Crippen LogP contribution in [0.5, 0.6) is 0 Å². The van der Waals surface area contributed by atoms with Gasteiger partial charge in [0.05, 0.1) is 24.7 Å². The van der Waals surface area contributed by atoms with E-state index in [9.17, 15) is 19.5 Å². The minimum absolute atomic E-state index is 0.0622. The number of hydrogen-bond donors (Lipinski definition) is 4. The third-order valence-electron chi connectivity index (χ3n) is 5.29. The van der Waals surface area contributed by atoms with E-state index in [1.807, 2.05) is 6.07 Å². The molecule has 1 aromatic carbocycles. The van der Waals surface area contributed by atoms with Crippen LogP contribution in [0.2, 0.25) is 0 Å². The number of ether oxygens (including phenoxy) is 1. The molecule has 10 heteroatoms. The van der Waals surface area contributed by atoms with Crippen molar-refractivity contribution in [2.75, 3.05) is 19.7 Å². The highest BCUT2D eigenvalue weighted by molar-refractivity contribution is 6.13. The molecule has 0 spiro atoms. The molecule has 1 saturated heterocycles. The number of aromatic nitrogens is 2. The highest BCUT2D eigenvalue weighted by Gasteiger charge is 2.46. The van der Waals surface area contributed by atoms with Gasteiger partial charge in [0.25, 0.3) is 5.91 Å². The van der Waals surface area contributed by atoms with E-state index in [0.717, 1.165) is 12.0 Å². The number of amides is 2. The Balaban J connectivity index is 1.72. The van der Waals surface area contributed by atoms with Crippen molar-refractivity contribution in [3.05, 3.63) is 54.1 Å². The van der Waals surface area contributed by atoms with Crippen LogP contribution < -0.4 is 11.1 Å². The zero-order chi connectivity index (χ0) is 22.3. The van der Waals surface area contributed by atoms with Crippen molar-refractivity contribution in [2.45, 2.75) is 37.5 Å². The van der Waals surface area contributed by atoms with Gasteiger partial charge in [0.1, 0.15) is 6.61 Å². The van der Waals surface area contributed by atoms with Crippen molar-refractivity contribution in [3.8, 4) is 0 Å². The van der Waals surface area contributed by atoms with Crippen LogP contribution in [0, 0.1) is 0 Å². The third kappa shape index (κ3) is 5.54. The quantitative estimate of drug-likeness (QED) is 0.307. The number of carbonyl (C=O) groups excluding carboxylic acids is 3. The van der Waals surface area contributed by atoms with Gasteiger partial charge >= 0.3 is 5.97 Å². The molecule has 31 heavy (non-hydrogen) atoms. The molecule has 3 rings (SSSR count). The molecule has 1 aliphatic heterocycles. The number of likely N-dealkylation sites (tertiary alicyclic amines) is 1. The van der Waals surface area contributed by atoms with E-state index in [1.165, 1.54) is 12.5 Å². The molecule has 166 valence electrons. The number of carbonyl (C=O) groups is 3. The fraction of sp³-hybridized carbons (Fsp3) is 0.429. The Labute approximate surface area is 179 Å². The lowest BCUT2D eigenvalue weighted by atomic mass is 9.93. The van der Waals surface area contributed by atoms with Crippen LogP contribution in [0.15, 0.2) is 42.9 Å². The summed E-state index contributed by atoms with van der Waals surface area (Å²) in [7, 11) is 0. The highest BCUT2D eigenvalue weighted by Crippen LogP contribution is 2.18. The molecular weight excluding hydrogens is 402 g/mol. The topological polar surface area (TPSA) is 151 Å². The molecule has 2 aromatic rings. The molecular formula is C21H27N5O5. The Morgan fingerprint density at radius 1 is 1.32 bits per heavy atom. The van der Waals surface area contributed by atoms with E-state index >= 15 is 0 Å². The number of aromatic amines is 1. The van der Waals surface area contributed by atoms with Gasteiger partial charge in [-0.3, -0.25) is 19.8 Å². The molecule has 0 bridgehead atoms. The van der Waals surface area contributed by atoms with Crippen molar-refractivity contribution in [1.82, 2.24) is 20.2 Å². The summed E-state index contributed by atoms with van der Waals surface area (Å²) >= 11 is 0. The smallest absolute Gasteiger partial charge is 0.336 e. The summed E-state index contributed by atoms with van der Waals surface area (Å²) in [6.07, 6.45) is 4.00. The van der Waals surface area contributed by atoms with Gasteiger partial charge in [-0.2, -0.15) is 0 Å². The van der Waals surface area contributed by atoms with Crippen LogP contribution >= 0.6 is 0 Å². The number of imide groups is 1. The Morgan fingerprint density at radius 3 is 2.77 bits per heavy atom. The molecule has 1 aromatic heterocycles. The number of β-amino-alcohol motifs (C(OH)–C–C–N with tert-alkyl or cyclic N) is 1. The first kappa shape index (κ1) is 22.6. The second-order valence-corrected chi connectivity index (χ2v) is 7.51. The standard InChI is InChI=1S/C21H27N5O5/c22-21(11-16-12-23-14-24-16,20(30)31-13-15-5-2-1-3-6-15)19(29)25-18(28)17-7-4-8-26(17)9-10-27/h1-3,5-6,12,14,17,27H,4,7-11,13,22H2,(H,23,24)(H,25,28,29)/t17-,21-/m0/s1. The monoisotopic (exact) mass is 429 g/mol. The second kappa shape index (κ2) is 10.3. The molecule has 2 heterocycles. The van der Waals surface area contributed by atoms with Crippen LogP contribution in [-0.4, -0.2) is 69.0 Å². The maximum atomic E-state index is 13.0. The van der Waals surface area contributed by atoms with Crippen molar-refractivity contribution in [3.63, 3.8) is 0 Å². The van der Waals surface area contributed by atoms with Crippen LogP contribution in [-0.2, 0) is 32.1 Å². The van der Waals surface area contributed by atoms with Crippen LogP contribution in [0.1, 0.15) is 24.1 Å². The Bertz CT molecular complexity index is 889. The SMILES string of the molecule is N[C@@](Cc1c[nH]cn1)(C(=O)NC(=O)[C@@H]1CCCN1CCO)C(=O)OCc1ccccc1. The molecule has 2 amide bonds. The number of esters is 1. The van der Waals surface area contributed by atoms with Gasteiger partial charge in [-0.15, -0.1) is 0 Å². The molecule has 5 N–H and O–H groups in total. The molecule has 0 aliphatic carbocycles. The first-order valence-electron chi connectivity index (χ1n) is 10.1. The lowest BCUT2D eigenvalue weighted by Gasteiger charge is -2.27. The fourth-order valence-electron chi connectivity index (χ4n) is 3.60. The summed E-state index contributed by atoms with van der Waals surface area (Å²) in [6.45, 7) is 0.816. The lowest BCUT2D eigenvalue weighted by Crippen LogP contribution is -2.63. The van der Waals surface area contributed by atoms with Crippen molar-refractivity contribution in [1.29, 1.82) is 0 Å². The van der Waals surface area contributed by atoms with Crippen molar-refractivity contribution >= 4 is 17.8 Å². The van der Waals surface area contributed by atoms with E-state index in [4.69, 9.17) is 10.5 Å². The summed E-state index contributed by atoms with van der Waals surface area (Å²) in [5.74, 6) is -2.46. The number of aliphatic hydroxyl groups excluding tert-OH is 1. The maximum Gasteiger partial charge on any atom is 0.336 e. The average Bonchev–Trinajstić information content (AvgIpc) is 3.45. The number of H-pyrrole nitrogens is 1. The van der Waals surface area contributed by atoms with E-state index in [-0.39, 0.29) is 19.6 Å². The van der Waals surface area contributed by atoms with Crippen LogP contribution in [0.25, 0.3) is 0 Å². The van der Waals surface area contributed by atoms with Gasteiger partial charge in [-0.25, -0.2) is 9.78 Å². The van der Waals surface area contributed by atoms with Gasteiger partial charge < -0.3 is 20.6 Å². The first-order valence-corrected chi connectivity index (χ1v) is 10.1. The summed E-state index contributed by atoms with van der Waals surface area (Å²) < 4.78 is 5.31. The molecule has 10 nitrogen and oxygen atoms in total. The predicted octanol–water partition coefficient (Wildman–Crippen LogP) is -0.507. The predicted molar refractivity (Wildman–Crippen MR) is 110 cm³/mol. The number of hydrogen-bond acceptors (Lipinski definition) is 8. The molecule has 0 saturated carbocycles. The zero-order valence-electron chi connectivity index (χ0n) is 17.1. The molecule has 1 fully saturated rings. The van der Waals surface area contributed by atoms with E-state index in [1.54, 1.807) is 29.2 Å². The number of benzene rings is 1. The van der Waals surface area contributed by atoms with E-state index in [2.05, 4.69) is 15.3 Å². The van der Waals surface area contributed by atoms with Gasteiger partial charge in [0, 0.05) is 19.2 Å². The summed E-state index contributed by atoms with van der Waals surface area (Å²) in [6, 6.07) is 8.42. The minimum Gasteiger partial charge on any atom is -0.459 e. The van der Waals surface area contributed by atoms with Crippen molar-refractivity contribution in [2.24, 2.45) is 5.73 Å². The van der Waals surface area contributed by atoms with Gasteiger partial charge in [-0.05, 0) is 24.9 Å². The average molecular weight is 429 g/mol. The summed E-state index contributed by atoms with van der Waals surface area (Å²) in [5, 5.41) is 11.5. The van der Waals surface area contributed by atoms with E-state index < -0.39 is 29.4 Å². The number of aliphatic hydroxyl groups is 1. The Morgan fingerprint density at radius 2 is 2.10 bits per heavy atom. The minimum atomic E-state index is -2.14. The summed E-state index contributed by atoms with van der Waals surface area (Å²) in [4.78, 5) is 47.2. The third-order valence-corrected chi connectivity index (χ3v) is 5.29. The number of rotatable bonds is 9. The van der Waals surface area contributed by atoms with Gasteiger partial charge in [0.15, 0.2) is 5.54 Å². The Kier molecular flexibility index (Phi) is 7.50. The highest BCUT2D eigenvalue weighted by atomic mass is 16.5. The number of nitrogens with one attached hydrogen (secondary N) is 2. The molecule has 2 atom stereocenters. The zero-order valence-corrected chi connectivity index (χ0v) is 17.1. The molecule has 0 radical (unpaired) electrons. The lowest BCUT2D eigenvalue weighted by molar-refractivity contribution is -0.156. The van der Waals surface area contributed by atoms with Gasteiger partial charge in [-0.1, -0.05) is 30.3 Å². The van der Waals surface area contributed by atoms with Crippen LogP contribution in [0.4, 0.5) is 0 Å². The maximum absolute atomic E-state index is 13.0. The number of nitrogens with two attached hydrogens (primary N) is 1. The number of nitrogens with zero attached hydrogens (tertiary/aromatic N) is 2. The molecule has 1 aliphatic rings. The fourth-order valence-corrected chi connectivity index (χ4v) is 3.60. The summed E-state index contributed by atoms with van der Waals surface area (Å²) in [5.41, 5.74) is 5.21. The van der Waals surface area contributed by atoms with E-state index in [0.29, 0.717) is 25.2 Å².